The van der Waals surface area contributed by atoms with Crippen molar-refractivity contribution < 1.29 is 32.7 Å². The molecule has 0 unspecified atom stereocenters. The largest absolute Gasteiger partial charge is 0.490 e. The van der Waals surface area contributed by atoms with Crippen LogP contribution >= 0.6 is 0 Å². The number of primary amides is 1. The maximum Gasteiger partial charge on any atom is 0.490 e. The molecule has 2 aromatic carbocycles. The van der Waals surface area contributed by atoms with Crippen molar-refractivity contribution >= 4 is 23.5 Å². The zero-order valence-corrected chi connectivity index (χ0v) is 18.1. The highest BCUT2D eigenvalue weighted by atomic mass is 19.4. The third-order valence-corrected chi connectivity index (χ3v) is 4.55. The van der Waals surface area contributed by atoms with Gasteiger partial charge in [0.2, 0.25) is 5.91 Å². The topological polar surface area (TPSA) is 138 Å². The Hall–Kier alpha value is -4.15. The standard InChI is InChI=1S/C21H22N4O2.C2HF3O2/c1-14-4-2-6-16(10-14)12-19(26)24-18-7-3-5-15(11-18)8-9-17-13-23-25-20(17)21(22)27;3-2(4,5)1(6)7/h2-7,10-11,13H,8-9,12H2,1H3,(H2,22,27)(H,23,25)(H,24,26);(H,6,7). The number of H-pyrrole nitrogens is 1. The van der Waals surface area contributed by atoms with Gasteiger partial charge in [0.15, 0.2) is 0 Å². The average Bonchev–Trinajstić information content (AvgIpc) is 3.21. The number of amides is 2. The van der Waals surface area contributed by atoms with Crippen LogP contribution in [0.4, 0.5) is 18.9 Å². The summed E-state index contributed by atoms with van der Waals surface area (Å²) < 4.78 is 31.7. The molecule has 0 aliphatic heterocycles. The van der Waals surface area contributed by atoms with E-state index in [1.165, 1.54) is 0 Å². The molecule has 8 nitrogen and oxygen atoms in total. The summed E-state index contributed by atoms with van der Waals surface area (Å²) in [6.07, 6.45) is -1.78. The molecule has 0 saturated carbocycles. The molecule has 11 heteroatoms. The minimum Gasteiger partial charge on any atom is -0.475 e. The van der Waals surface area contributed by atoms with Crippen molar-refractivity contribution in [3.8, 4) is 0 Å². The number of anilines is 1. The first-order valence-electron chi connectivity index (χ1n) is 10.0. The van der Waals surface area contributed by atoms with Gasteiger partial charge in [-0.3, -0.25) is 14.7 Å². The second-order valence-corrected chi connectivity index (χ2v) is 7.35. The van der Waals surface area contributed by atoms with Crippen molar-refractivity contribution in [1.82, 2.24) is 10.2 Å². The zero-order chi connectivity index (χ0) is 25.3. The van der Waals surface area contributed by atoms with Crippen molar-refractivity contribution in [3.63, 3.8) is 0 Å². The van der Waals surface area contributed by atoms with Gasteiger partial charge in [-0.2, -0.15) is 18.3 Å². The number of aromatic nitrogens is 2. The number of aliphatic carboxylic acids is 1. The minimum atomic E-state index is -5.08. The summed E-state index contributed by atoms with van der Waals surface area (Å²) in [6, 6.07) is 15.6. The Bertz CT molecular complexity index is 1160. The number of halogens is 3. The van der Waals surface area contributed by atoms with E-state index in [2.05, 4.69) is 15.5 Å². The molecule has 180 valence electrons. The number of aromatic amines is 1. The van der Waals surface area contributed by atoms with Gasteiger partial charge in [0.05, 0.1) is 12.6 Å². The lowest BCUT2D eigenvalue weighted by Crippen LogP contribution is -2.21. The molecule has 0 radical (unpaired) electrons. The Morgan fingerprint density at radius 3 is 2.32 bits per heavy atom. The van der Waals surface area contributed by atoms with Gasteiger partial charge < -0.3 is 16.2 Å². The third kappa shape index (κ3) is 8.41. The summed E-state index contributed by atoms with van der Waals surface area (Å²) in [6.45, 7) is 2.01. The van der Waals surface area contributed by atoms with E-state index in [9.17, 15) is 22.8 Å². The predicted octanol–water partition coefficient (Wildman–Crippen LogP) is 3.42. The number of hydrogen-bond donors (Lipinski definition) is 4. The number of alkyl halides is 3. The number of nitrogens with two attached hydrogens (primary N) is 1. The summed E-state index contributed by atoms with van der Waals surface area (Å²) in [5.41, 5.74) is 10.4. The monoisotopic (exact) mass is 476 g/mol. The first-order valence-corrected chi connectivity index (χ1v) is 10.0. The number of hydrogen-bond acceptors (Lipinski definition) is 4. The lowest BCUT2D eigenvalue weighted by molar-refractivity contribution is -0.192. The van der Waals surface area contributed by atoms with Crippen molar-refractivity contribution in [2.75, 3.05) is 5.32 Å². The quantitative estimate of drug-likeness (QED) is 0.414. The summed E-state index contributed by atoms with van der Waals surface area (Å²) in [5.74, 6) is -3.32. The van der Waals surface area contributed by atoms with Crippen LogP contribution in [0.1, 0.15) is 32.7 Å². The fourth-order valence-electron chi connectivity index (χ4n) is 3.01. The van der Waals surface area contributed by atoms with Gasteiger partial charge in [-0.15, -0.1) is 0 Å². The van der Waals surface area contributed by atoms with E-state index in [0.717, 1.165) is 27.9 Å². The fourth-order valence-corrected chi connectivity index (χ4v) is 3.01. The maximum absolute atomic E-state index is 12.3. The van der Waals surface area contributed by atoms with Crippen LogP contribution in [0.15, 0.2) is 54.7 Å². The van der Waals surface area contributed by atoms with E-state index in [1.807, 2.05) is 55.5 Å². The van der Waals surface area contributed by atoms with E-state index in [4.69, 9.17) is 15.6 Å². The van der Waals surface area contributed by atoms with Crippen LogP contribution in [0, 0.1) is 6.92 Å². The Morgan fingerprint density at radius 1 is 1.06 bits per heavy atom. The van der Waals surface area contributed by atoms with Crippen LogP contribution in [0.2, 0.25) is 0 Å². The maximum atomic E-state index is 12.3. The van der Waals surface area contributed by atoms with Gasteiger partial charge in [0.1, 0.15) is 5.69 Å². The number of nitrogens with zero attached hydrogens (tertiary/aromatic N) is 1. The Labute approximate surface area is 193 Å². The molecule has 1 heterocycles. The first kappa shape index (κ1) is 26.1. The molecule has 0 aliphatic rings. The summed E-state index contributed by atoms with van der Waals surface area (Å²) in [5, 5.41) is 16.6. The minimum absolute atomic E-state index is 0.0522. The highest BCUT2D eigenvalue weighted by Gasteiger charge is 2.38. The average molecular weight is 476 g/mol. The Morgan fingerprint density at radius 2 is 1.71 bits per heavy atom. The molecule has 0 bridgehead atoms. The number of carbonyl (C=O) groups is 3. The molecule has 0 spiro atoms. The van der Waals surface area contributed by atoms with Crippen LogP contribution in [-0.4, -0.2) is 39.3 Å². The number of carbonyl (C=O) groups excluding carboxylic acids is 2. The van der Waals surface area contributed by atoms with Crippen molar-refractivity contribution in [2.24, 2.45) is 5.73 Å². The molecule has 0 fully saturated rings. The van der Waals surface area contributed by atoms with E-state index in [1.54, 1.807) is 6.20 Å². The van der Waals surface area contributed by atoms with Crippen molar-refractivity contribution in [1.29, 1.82) is 0 Å². The van der Waals surface area contributed by atoms with Crippen molar-refractivity contribution in [2.45, 2.75) is 32.4 Å². The van der Waals surface area contributed by atoms with Gasteiger partial charge in [-0.1, -0.05) is 42.0 Å². The molecule has 1 aromatic heterocycles. The van der Waals surface area contributed by atoms with E-state index in [0.29, 0.717) is 25.0 Å². The third-order valence-electron chi connectivity index (χ3n) is 4.55. The number of carboxylic acids is 1. The number of nitrogens with one attached hydrogen (secondary N) is 2. The molecule has 2 amide bonds. The molecular weight excluding hydrogens is 453 g/mol. The number of carboxylic acid groups (broad SMARTS) is 1. The molecular formula is C23H23F3N4O4. The number of benzene rings is 2. The molecule has 34 heavy (non-hydrogen) atoms. The van der Waals surface area contributed by atoms with Crippen LogP contribution < -0.4 is 11.1 Å². The molecule has 3 rings (SSSR count). The van der Waals surface area contributed by atoms with Gasteiger partial charge in [-0.05, 0) is 43.0 Å². The highest BCUT2D eigenvalue weighted by molar-refractivity contribution is 5.92. The van der Waals surface area contributed by atoms with Crippen LogP contribution in [0.25, 0.3) is 0 Å². The van der Waals surface area contributed by atoms with Gasteiger partial charge in [0, 0.05) is 11.3 Å². The summed E-state index contributed by atoms with van der Waals surface area (Å²) >= 11 is 0. The van der Waals surface area contributed by atoms with E-state index in [-0.39, 0.29) is 5.91 Å². The lowest BCUT2D eigenvalue weighted by Gasteiger charge is -2.08. The Kier molecular flexibility index (Phi) is 8.94. The van der Waals surface area contributed by atoms with Gasteiger partial charge in [-0.25, -0.2) is 4.79 Å². The Balaban J connectivity index is 0.000000509. The van der Waals surface area contributed by atoms with Crippen LogP contribution in [0.3, 0.4) is 0 Å². The SMILES string of the molecule is Cc1cccc(CC(=O)Nc2cccc(CCc3cn[nH]c3C(N)=O)c2)c1.O=C(O)C(F)(F)F. The van der Waals surface area contributed by atoms with Gasteiger partial charge >= 0.3 is 12.1 Å². The number of rotatable bonds is 7. The van der Waals surface area contributed by atoms with Crippen LogP contribution in [0.5, 0.6) is 0 Å². The first-order chi connectivity index (χ1) is 16.0. The van der Waals surface area contributed by atoms with Gasteiger partial charge in [0.25, 0.3) is 5.91 Å². The zero-order valence-electron chi connectivity index (χ0n) is 18.1. The molecule has 0 atom stereocenters. The van der Waals surface area contributed by atoms with E-state index >= 15 is 0 Å². The second kappa shape index (κ2) is 11.6. The van der Waals surface area contributed by atoms with Crippen molar-refractivity contribution in [3.05, 3.63) is 82.7 Å². The normalized spacial score (nSPS) is 10.7. The fraction of sp³-hybridized carbons (Fsp3) is 0.217. The smallest absolute Gasteiger partial charge is 0.475 e. The van der Waals surface area contributed by atoms with E-state index < -0.39 is 18.1 Å². The molecule has 0 aliphatic carbocycles. The highest BCUT2D eigenvalue weighted by Crippen LogP contribution is 2.15. The number of aryl methyl sites for hydroxylation is 3. The molecule has 5 N–H and O–H groups in total. The predicted molar refractivity (Wildman–Crippen MR) is 118 cm³/mol. The summed E-state index contributed by atoms with van der Waals surface area (Å²) in [4.78, 5) is 32.5. The summed E-state index contributed by atoms with van der Waals surface area (Å²) in [7, 11) is 0. The lowest BCUT2D eigenvalue weighted by atomic mass is 10.0. The molecule has 0 saturated heterocycles. The van der Waals surface area contributed by atoms with Crippen LogP contribution in [-0.2, 0) is 28.9 Å². The second-order valence-electron chi connectivity index (χ2n) is 7.35. The molecule has 3 aromatic rings.